The number of nitrogens with one attached hydrogen (secondary N) is 2. The first-order valence-electron chi connectivity index (χ1n) is 9.63. The third-order valence-corrected chi connectivity index (χ3v) is 5.75. The number of para-hydroxylation sites is 1. The molecule has 0 radical (unpaired) electrons. The van der Waals surface area contributed by atoms with Crippen LogP contribution in [0, 0.1) is 0 Å². The molecule has 31 heavy (non-hydrogen) atoms. The Morgan fingerprint density at radius 1 is 1.26 bits per heavy atom. The van der Waals surface area contributed by atoms with Crippen molar-refractivity contribution in [1.82, 2.24) is 15.3 Å². The second-order valence-corrected chi connectivity index (χ2v) is 8.33. The van der Waals surface area contributed by atoms with E-state index in [2.05, 4.69) is 10.4 Å². The predicted octanol–water partition coefficient (Wildman–Crippen LogP) is 1.88. The van der Waals surface area contributed by atoms with Crippen LogP contribution in [0.5, 0.6) is 5.75 Å². The number of likely N-dealkylation sites (N-methyl/N-ethyl adjacent to an activating group) is 1. The molecule has 1 aromatic carbocycles. The molecule has 0 aromatic heterocycles. The summed E-state index contributed by atoms with van der Waals surface area (Å²) in [5.41, 5.74) is 0.368. The van der Waals surface area contributed by atoms with E-state index < -0.39 is 19.9 Å². The molecule has 2 amide bonds. The lowest BCUT2D eigenvalue weighted by atomic mass is 10.2. The Morgan fingerprint density at radius 3 is 2.48 bits per heavy atom. The molecule has 0 aliphatic carbocycles. The zero-order valence-electron chi connectivity index (χ0n) is 18.1. The van der Waals surface area contributed by atoms with Crippen LogP contribution in [0.2, 0.25) is 0 Å². The van der Waals surface area contributed by atoms with Crippen molar-refractivity contribution in [3.8, 4) is 5.75 Å². The van der Waals surface area contributed by atoms with Crippen LogP contribution in [0.15, 0.2) is 42.1 Å². The first-order valence-corrected chi connectivity index (χ1v) is 11.2. The highest BCUT2D eigenvalue weighted by atomic mass is 31.2. The summed E-state index contributed by atoms with van der Waals surface area (Å²) >= 11 is 0. The number of benzene rings is 1. The van der Waals surface area contributed by atoms with E-state index in [9.17, 15) is 18.9 Å². The molecule has 0 saturated carbocycles. The number of amides is 2. The maximum atomic E-state index is 13.1. The van der Waals surface area contributed by atoms with Crippen molar-refractivity contribution >= 4 is 26.3 Å². The summed E-state index contributed by atoms with van der Waals surface area (Å²) in [6.45, 7) is 3.23. The van der Waals surface area contributed by atoms with Crippen molar-refractivity contribution in [2.45, 2.75) is 32.4 Å². The molecule has 0 heterocycles. The van der Waals surface area contributed by atoms with Crippen LogP contribution < -0.4 is 14.9 Å². The lowest BCUT2D eigenvalue weighted by Crippen LogP contribution is -2.31. The minimum Gasteiger partial charge on any atom is -0.413 e. The van der Waals surface area contributed by atoms with Crippen LogP contribution in [0.1, 0.15) is 20.3 Å². The molecule has 0 aliphatic heterocycles. The number of ether oxygens (including phenoxy) is 1. The average molecular weight is 455 g/mol. The van der Waals surface area contributed by atoms with Gasteiger partial charge < -0.3 is 24.3 Å². The lowest BCUT2D eigenvalue weighted by molar-refractivity contribution is -0.117. The second-order valence-electron chi connectivity index (χ2n) is 6.63. The minimum atomic E-state index is -3.88. The molecule has 2 N–H and O–H groups in total. The fraction of sp³-hybridized carbons (Fsp3) is 0.450. The second kappa shape index (κ2) is 13.7. The Balaban J connectivity index is 2.77. The lowest BCUT2D eigenvalue weighted by Gasteiger charge is -2.24. The van der Waals surface area contributed by atoms with E-state index >= 15 is 0 Å². The molecule has 172 valence electrons. The van der Waals surface area contributed by atoms with E-state index in [0.717, 1.165) is 0 Å². The molecular formula is C20H30N3O7P. The molecule has 10 nitrogen and oxygen atoms in total. The predicted molar refractivity (Wildman–Crippen MR) is 115 cm³/mol. The van der Waals surface area contributed by atoms with Gasteiger partial charge in [-0.3, -0.25) is 14.1 Å². The van der Waals surface area contributed by atoms with Crippen LogP contribution in [0.3, 0.4) is 0 Å². The molecule has 1 aromatic rings. The van der Waals surface area contributed by atoms with Gasteiger partial charge >= 0.3 is 7.75 Å². The topological polar surface area (TPSA) is 123 Å². The Bertz CT molecular complexity index is 788. The van der Waals surface area contributed by atoms with Gasteiger partial charge in [0.25, 0.3) is 0 Å². The van der Waals surface area contributed by atoms with Gasteiger partial charge in [0.2, 0.25) is 12.3 Å². The third kappa shape index (κ3) is 9.89. The van der Waals surface area contributed by atoms with Gasteiger partial charge in [-0.25, -0.2) is 9.65 Å². The van der Waals surface area contributed by atoms with E-state index in [0.29, 0.717) is 30.4 Å². The van der Waals surface area contributed by atoms with Crippen LogP contribution in [-0.4, -0.2) is 63.0 Å². The fourth-order valence-corrected chi connectivity index (χ4v) is 3.89. The molecular weight excluding hydrogens is 425 g/mol. The van der Waals surface area contributed by atoms with Crippen molar-refractivity contribution < 1.29 is 32.7 Å². The maximum absolute atomic E-state index is 13.1. The van der Waals surface area contributed by atoms with E-state index in [-0.39, 0.29) is 19.1 Å². The highest BCUT2D eigenvalue weighted by Crippen LogP contribution is 2.44. The van der Waals surface area contributed by atoms with Gasteiger partial charge in [0.1, 0.15) is 12.0 Å². The van der Waals surface area contributed by atoms with Crippen molar-refractivity contribution in [2.24, 2.45) is 0 Å². The molecule has 11 heteroatoms. The van der Waals surface area contributed by atoms with Gasteiger partial charge in [0, 0.05) is 32.5 Å². The standard InChI is InChI=1S/C20H30N3O7P/c1-16(20(26)21-3)12-23(15-25)11-10-19(28-4)14-29-31(27,22-17(2)13-24)30-18-8-6-5-7-9-18/h5-9,12-13,15,17,19H,10-11,14H2,1-4H3,(H,21,26)(H,22,27)/b16-12-. The molecule has 1 rings (SSSR count). The van der Waals surface area contributed by atoms with Crippen molar-refractivity contribution in [2.75, 3.05) is 27.3 Å². The summed E-state index contributed by atoms with van der Waals surface area (Å²) in [5, 5.41) is 5.04. The largest absolute Gasteiger partial charge is 0.459 e. The Hall–Kier alpha value is -2.52. The Morgan fingerprint density at radius 2 is 1.94 bits per heavy atom. The summed E-state index contributed by atoms with van der Waals surface area (Å²) in [6, 6.07) is 7.66. The smallest absolute Gasteiger partial charge is 0.413 e. The zero-order chi connectivity index (χ0) is 23.3. The van der Waals surface area contributed by atoms with E-state index in [1.54, 1.807) is 37.3 Å². The normalized spacial score (nSPS) is 15.3. The molecule has 3 unspecified atom stereocenters. The summed E-state index contributed by atoms with van der Waals surface area (Å²) < 4.78 is 29.5. The first kappa shape index (κ1) is 26.5. The quantitative estimate of drug-likeness (QED) is 0.233. The van der Waals surface area contributed by atoms with Crippen LogP contribution >= 0.6 is 7.75 Å². The van der Waals surface area contributed by atoms with Gasteiger partial charge in [0.05, 0.1) is 18.8 Å². The molecule has 0 aliphatic rings. The summed E-state index contributed by atoms with van der Waals surface area (Å²) in [5.74, 6) is 0.0141. The number of carbonyl (C=O) groups excluding carboxylic acids is 3. The minimum absolute atomic E-state index is 0.121. The zero-order valence-corrected chi connectivity index (χ0v) is 19.0. The number of hydrogen-bond acceptors (Lipinski definition) is 7. The number of nitrogens with zero attached hydrogens (tertiary/aromatic N) is 1. The monoisotopic (exact) mass is 455 g/mol. The van der Waals surface area contributed by atoms with Gasteiger partial charge in [0.15, 0.2) is 0 Å². The van der Waals surface area contributed by atoms with Crippen molar-refractivity contribution in [3.05, 3.63) is 42.1 Å². The molecule has 0 saturated heterocycles. The molecule has 3 atom stereocenters. The Kier molecular flexibility index (Phi) is 11.7. The van der Waals surface area contributed by atoms with Gasteiger partial charge in [-0.15, -0.1) is 0 Å². The highest BCUT2D eigenvalue weighted by Gasteiger charge is 2.30. The third-order valence-electron chi connectivity index (χ3n) is 4.09. The SMILES string of the molecule is CNC(=O)/C(C)=C\N(C=O)CCC(COP(=O)(NC(C)C=O)Oc1ccccc1)OC. The van der Waals surface area contributed by atoms with E-state index in [1.807, 2.05) is 0 Å². The van der Waals surface area contributed by atoms with Gasteiger partial charge in [-0.2, -0.15) is 0 Å². The molecule has 0 bridgehead atoms. The van der Waals surface area contributed by atoms with Crippen LogP contribution in [0.4, 0.5) is 0 Å². The fourth-order valence-electron chi connectivity index (χ4n) is 2.39. The van der Waals surface area contributed by atoms with E-state index in [4.69, 9.17) is 13.8 Å². The summed E-state index contributed by atoms with van der Waals surface area (Å²) in [7, 11) is -0.932. The first-order chi connectivity index (χ1) is 14.8. The van der Waals surface area contributed by atoms with Crippen molar-refractivity contribution in [3.63, 3.8) is 0 Å². The number of rotatable bonds is 15. The van der Waals surface area contributed by atoms with Gasteiger partial charge in [-0.1, -0.05) is 18.2 Å². The van der Waals surface area contributed by atoms with E-state index in [1.165, 1.54) is 32.2 Å². The van der Waals surface area contributed by atoms with Gasteiger partial charge in [-0.05, 0) is 32.4 Å². The van der Waals surface area contributed by atoms with Crippen LogP contribution in [0.25, 0.3) is 0 Å². The molecule has 0 fully saturated rings. The summed E-state index contributed by atoms with van der Waals surface area (Å²) in [4.78, 5) is 35.2. The Labute approximate surface area is 182 Å². The maximum Gasteiger partial charge on any atom is 0.459 e. The molecule has 0 spiro atoms. The number of aldehydes is 1. The summed E-state index contributed by atoms with van der Waals surface area (Å²) in [6.07, 6.45) is 2.41. The number of carbonyl (C=O) groups is 3. The van der Waals surface area contributed by atoms with Crippen molar-refractivity contribution in [1.29, 1.82) is 0 Å². The number of methoxy groups -OCH3 is 1. The number of hydrogen-bond donors (Lipinski definition) is 2. The highest BCUT2D eigenvalue weighted by molar-refractivity contribution is 7.52. The average Bonchev–Trinajstić information content (AvgIpc) is 2.77. The van der Waals surface area contributed by atoms with Crippen LogP contribution in [-0.2, 0) is 28.2 Å².